The van der Waals surface area contributed by atoms with E-state index in [1.54, 1.807) is 0 Å². The summed E-state index contributed by atoms with van der Waals surface area (Å²) in [5.74, 6) is -3.20. The number of nitrogen functional groups attached to an aromatic ring is 1. The molecule has 0 radical (unpaired) electrons. The molecule has 0 bridgehead atoms. The molecular formula is C40H43N11O22S6. The van der Waals surface area contributed by atoms with Crippen LogP contribution in [0.5, 0.6) is 0 Å². The Morgan fingerprint density at radius 2 is 0.823 bits per heavy atom. The van der Waals surface area contributed by atoms with Gasteiger partial charge in [-0.2, -0.15) is 80.4 Å². The quantitative estimate of drug-likeness (QED) is 0.0210. The molecule has 2 heterocycles. The molecule has 0 aliphatic heterocycles. The minimum Gasteiger partial charge on any atom is -0.398 e. The number of aliphatic hydroxyl groups is 4. The lowest BCUT2D eigenvalue weighted by Crippen LogP contribution is -2.31. The number of aliphatic hydroxyl groups excluding tert-OH is 4. The van der Waals surface area contributed by atoms with Gasteiger partial charge in [0.1, 0.15) is 19.6 Å². The topological polar surface area (TPSA) is 541 Å². The Balaban J connectivity index is 1.50. The molecule has 79 heavy (non-hydrogen) atoms. The second-order valence-electron chi connectivity index (χ2n) is 15.9. The average Bonchev–Trinajstić information content (AvgIpc) is 3.37. The zero-order chi connectivity index (χ0) is 58.6. The highest BCUT2D eigenvalue weighted by Crippen LogP contribution is 2.35. The number of benzene rings is 4. The van der Waals surface area contributed by atoms with Crippen molar-refractivity contribution in [3.05, 3.63) is 77.9 Å². The molecule has 0 aliphatic rings. The number of nitrogens with one attached hydrogen (secondary N) is 2. The van der Waals surface area contributed by atoms with Gasteiger partial charge >= 0.3 is 0 Å². The summed E-state index contributed by atoms with van der Waals surface area (Å²) in [6.07, 6.45) is 1.81. The molecule has 0 saturated heterocycles. The molecule has 426 valence electrons. The highest BCUT2D eigenvalue weighted by atomic mass is 32.2. The summed E-state index contributed by atoms with van der Waals surface area (Å²) in [6.45, 7) is -3.40. The fourth-order valence-corrected chi connectivity index (χ4v) is 10.8. The van der Waals surface area contributed by atoms with Crippen LogP contribution in [-0.4, -0.2) is 181 Å². The van der Waals surface area contributed by atoms with E-state index >= 15 is 0 Å². The van der Waals surface area contributed by atoms with Gasteiger partial charge in [0.15, 0.2) is 11.6 Å². The Labute approximate surface area is 448 Å². The lowest BCUT2D eigenvalue weighted by molar-refractivity contribution is 0.279. The highest BCUT2D eigenvalue weighted by Gasteiger charge is 2.27. The van der Waals surface area contributed by atoms with Crippen molar-refractivity contribution in [1.29, 1.82) is 0 Å². The average molecular weight is 1220 g/mol. The second-order valence-corrected chi connectivity index (χ2v) is 24.3. The van der Waals surface area contributed by atoms with Gasteiger partial charge in [0.25, 0.3) is 60.7 Å². The van der Waals surface area contributed by atoms with Crippen LogP contribution in [0.3, 0.4) is 0 Å². The minimum atomic E-state index is -5.37. The summed E-state index contributed by atoms with van der Waals surface area (Å²) >= 11 is 0. The predicted octanol–water partition coefficient (Wildman–Crippen LogP) is -0.307. The van der Waals surface area contributed by atoms with Crippen molar-refractivity contribution in [2.45, 2.75) is 29.4 Å². The monoisotopic (exact) mass is 1220 g/mol. The first kappa shape index (κ1) is 61.2. The minimum absolute atomic E-state index is 0.270. The number of hydrogen-bond acceptors (Lipinski definition) is 27. The van der Waals surface area contributed by atoms with Crippen molar-refractivity contribution >= 4 is 114 Å². The Morgan fingerprint density at radius 3 is 1.20 bits per heavy atom. The van der Waals surface area contributed by atoms with Crippen molar-refractivity contribution < 1.29 is 98.2 Å². The van der Waals surface area contributed by atoms with E-state index in [1.165, 1.54) is 4.90 Å². The van der Waals surface area contributed by atoms with E-state index < -0.39 is 180 Å². The Morgan fingerprint density at radius 1 is 0.430 bits per heavy atom. The lowest BCUT2D eigenvalue weighted by atomic mass is 10.1. The van der Waals surface area contributed by atoms with E-state index in [2.05, 4.69) is 40.5 Å². The molecule has 33 nitrogen and oxygen atoms in total. The van der Waals surface area contributed by atoms with Crippen molar-refractivity contribution in [3.63, 3.8) is 0 Å². The molecule has 14 N–H and O–H groups in total. The van der Waals surface area contributed by atoms with Gasteiger partial charge in [0.05, 0.1) is 47.6 Å². The van der Waals surface area contributed by atoms with Crippen LogP contribution >= 0.6 is 0 Å². The van der Waals surface area contributed by atoms with Gasteiger partial charge in [0.2, 0.25) is 23.8 Å². The summed E-state index contributed by atoms with van der Waals surface area (Å²) in [4.78, 5) is 21.7. The number of anilines is 7. The van der Waals surface area contributed by atoms with Crippen LogP contribution < -0.4 is 26.2 Å². The number of nitrogens with zero attached hydrogens (tertiary/aromatic N) is 8. The van der Waals surface area contributed by atoms with Crippen LogP contribution in [0.1, 0.15) is 11.1 Å². The molecule has 0 saturated carbocycles. The molecule has 0 atom stereocenters. The third kappa shape index (κ3) is 15.2. The molecule has 4 aromatic carbocycles. The first-order chi connectivity index (χ1) is 36.7. The molecule has 6 aromatic rings. The van der Waals surface area contributed by atoms with E-state index in [0.29, 0.717) is 36.4 Å². The Kier molecular flexibility index (Phi) is 18.4. The summed E-state index contributed by atoms with van der Waals surface area (Å²) in [7, 11) is -31.0. The largest absolute Gasteiger partial charge is 0.398 e. The van der Waals surface area contributed by atoms with Crippen molar-refractivity contribution in [3.8, 4) is 22.8 Å². The zero-order valence-electron chi connectivity index (χ0n) is 39.6. The number of rotatable bonds is 24. The first-order valence-corrected chi connectivity index (χ1v) is 30.2. The van der Waals surface area contributed by atoms with Gasteiger partial charge in [-0.05, 0) is 60.2 Å². The maximum absolute atomic E-state index is 13.1. The molecule has 6 rings (SSSR count). The fraction of sp³-hybridized carbons (Fsp3) is 0.200. The zero-order valence-corrected chi connectivity index (χ0v) is 44.5. The van der Waals surface area contributed by atoms with Crippen LogP contribution in [0, 0.1) is 0 Å². The molecule has 0 spiro atoms. The number of hydrogen-bond donors (Lipinski definition) is 13. The molecule has 39 heteroatoms. The van der Waals surface area contributed by atoms with Gasteiger partial charge in [-0.3, -0.25) is 27.3 Å². The summed E-state index contributed by atoms with van der Waals surface area (Å²) in [6, 6.07) is 8.40. The molecule has 0 aliphatic carbocycles. The summed E-state index contributed by atoms with van der Waals surface area (Å²) < 4.78 is 209. The standard InChI is InChI=1S/C40H43N11O22S6/c41-28-17-24(36-45-38(49-40(47-36)51(11-15-54)12-16-55)43-30-21-26(75(59,60)61)5-8-32(30)77(65,66)67)19-34(79(71,72)73)27(28)6-3-22-1-2-23(18-33(22)78(68,69)70)35-44-37(48-39(46-35)50(9-13-52)10-14-53)42-29-20-25(74(56,57)58)4-7-31(29)76(62,63)64/h1-8,17-21,52-55H,9-16,41H2,(H,56,57,58)(H,59,60,61)(H,62,63,64)(H,65,66,67)(H,68,69,70)(H,71,72,73)(H,42,44,46,48)(H,43,45,47,49). The van der Waals surface area contributed by atoms with Gasteiger partial charge in [-0.15, -0.1) is 0 Å². The third-order valence-electron chi connectivity index (χ3n) is 10.5. The van der Waals surface area contributed by atoms with Crippen LogP contribution in [-0.2, 0) is 60.7 Å². The van der Waals surface area contributed by atoms with E-state index in [9.17, 15) is 98.2 Å². The van der Waals surface area contributed by atoms with E-state index in [0.717, 1.165) is 47.4 Å². The van der Waals surface area contributed by atoms with Crippen LogP contribution in [0.15, 0.2) is 96.1 Å². The molecule has 0 amide bonds. The highest BCUT2D eigenvalue weighted by molar-refractivity contribution is 7.87. The smallest absolute Gasteiger partial charge is 0.296 e. The molecular weight excluding hydrogens is 1180 g/mol. The second kappa shape index (κ2) is 23.7. The third-order valence-corrected chi connectivity index (χ3v) is 15.9. The molecule has 0 unspecified atom stereocenters. The maximum atomic E-state index is 13.1. The van der Waals surface area contributed by atoms with Crippen LogP contribution in [0.4, 0.5) is 40.9 Å². The predicted molar refractivity (Wildman–Crippen MR) is 275 cm³/mol. The lowest BCUT2D eigenvalue weighted by Gasteiger charge is -2.22. The van der Waals surface area contributed by atoms with Gasteiger partial charge in [-0.25, -0.2) is 0 Å². The van der Waals surface area contributed by atoms with E-state index in [1.807, 2.05) is 0 Å². The van der Waals surface area contributed by atoms with Crippen LogP contribution in [0.25, 0.3) is 34.9 Å². The Bertz CT molecular complexity index is 4070. The van der Waals surface area contributed by atoms with Crippen molar-refractivity contribution in [2.75, 3.05) is 78.8 Å². The first-order valence-electron chi connectivity index (χ1n) is 21.5. The van der Waals surface area contributed by atoms with Gasteiger partial charge in [-0.1, -0.05) is 24.3 Å². The van der Waals surface area contributed by atoms with Gasteiger partial charge in [0, 0.05) is 48.6 Å². The van der Waals surface area contributed by atoms with Gasteiger partial charge < -0.3 is 46.6 Å². The summed E-state index contributed by atoms with van der Waals surface area (Å²) in [5, 5.41) is 43.7. The molecule has 0 fully saturated rings. The molecule has 2 aromatic heterocycles. The number of aromatic nitrogens is 6. The summed E-state index contributed by atoms with van der Waals surface area (Å²) in [5.41, 5.74) is 2.75. The maximum Gasteiger partial charge on any atom is 0.296 e. The Hall–Kier alpha value is -7.06. The fourth-order valence-electron chi connectivity index (χ4n) is 7.09. The van der Waals surface area contributed by atoms with E-state index in [-0.39, 0.29) is 37.3 Å². The van der Waals surface area contributed by atoms with Crippen molar-refractivity contribution in [1.82, 2.24) is 29.9 Å². The number of nitrogens with two attached hydrogens (primary N) is 1. The van der Waals surface area contributed by atoms with Crippen LogP contribution in [0.2, 0.25) is 0 Å². The van der Waals surface area contributed by atoms with E-state index in [4.69, 9.17) is 5.73 Å². The van der Waals surface area contributed by atoms with Crippen molar-refractivity contribution in [2.24, 2.45) is 0 Å². The SMILES string of the molecule is Nc1cc(-c2nc(Nc3cc(S(=O)(=O)O)ccc3S(=O)(=O)O)nc(N(CCO)CCO)n2)cc(S(=O)(=O)O)c1C=Cc1ccc(-c2nc(Nc3cc(S(=O)(=O)O)ccc3S(=O)(=O)O)nc(N(CCO)CCO)n2)cc1S(=O)(=O)O. The normalized spacial score (nSPS) is 12.7.